The molecule has 6 unspecified atom stereocenters. The number of hydrogen-bond acceptors (Lipinski definition) is 11. The molecule has 0 aromatic heterocycles. The molecule has 0 aromatic carbocycles. The van der Waals surface area contributed by atoms with Crippen LogP contribution in [-0.4, -0.2) is 97.5 Å². The second kappa shape index (κ2) is 41.7. The van der Waals surface area contributed by atoms with E-state index < -0.39 is 59.8 Å². The smallest absolute Gasteiger partial charge is 0.397 e. The van der Waals surface area contributed by atoms with Crippen molar-refractivity contribution in [2.45, 2.75) is 250 Å². The first-order chi connectivity index (χ1) is 30.6. The molecule has 13 heteroatoms. The molecule has 0 bridgehead atoms. The molecule has 1 saturated heterocycles. The lowest BCUT2D eigenvalue weighted by Crippen LogP contribution is -2.60. The zero-order chi connectivity index (χ0) is 46.1. The molecule has 4 N–H and O–H groups in total. The molecule has 0 saturated carbocycles. The molecule has 1 aliphatic rings. The van der Waals surface area contributed by atoms with Gasteiger partial charge < -0.3 is 34.3 Å². The first-order valence-electron chi connectivity index (χ1n) is 25.2. The summed E-state index contributed by atoms with van der Waals surface area (Å²) in [6, 6.07) is 0. The number of carbonyl (C=O) groups is 1. The van der Waals surface area contributed by atoms with Crippen LogP contribution in [0.5, 0.6) is 0 Å². The fraction of sp³-hybridized carbons (Fsp3) is 0.860. The summed E-state index contributed by atoms with van der Waals surface area (Å²) < 4.78 is 59.2. The summed E-state index contributed by atoms with van der Waals surface area (Å²) in [5.74, 6) is -0.404. The standard InChI is InChI=1S/C50H92O12S/c1-3-5-7-9-11-13-15-17-18-19-20-21-22-23-24-25-26-27-29-31-33-35-37-39-46(52)60-44(42-58-40-38-36-34-32-30-28-16-14-12-10-8-6-4-2)43-59-50-48(54)49(62-63(55,56)57)47(53)45(41-51)61-50/h15,17,19-20,22-23,44-45,47-51,53-54H,3-14,16,18,21,24-43H2,1-2H3,(H,55,56,57)/b17-15-,20-19-,23-22-. The van der Waals surface area contributed by atoms with Crippen molar-refractivity contribution in [2.24, 2.45) is 0 Å². The van der Waals surface area contributed by atoms with Crippen LogP contribution in [0.3, 0.4) is 0 Å². The molecule has 0 amide bonds. The van der Waals surface area contributed by atoms with Gasteiger partial charge in [0.1, 0.15) is 30.5 Å². The van der Waals surface area contributed by atoms with Crippen LogP contribution in [0, 0.1) is 0 Å². The van der Waals surface area contributed by atoms with Crippen molar-refractivity contribution in [1.82, 2.24) is 0 Å². The minimum atomic E-state index is -5.06. The molecule has 0 spiro atoms. The lowest BCUT2D eigenvalue weighted by Gasteiger charge is -2.41. The number of carbonyl (C=O) groups excluding carboxylic acids is 1. The Morgan fingerprint density at radius 2 is 1.05 bits per heavy atom. The first-order valence-corrected chi connectivity index (χ1v) is 26.6. The molecule has 0 radical (unpaired) electrons. The van der Waals surface area contributed by atoms with E-state index in [1.165, 1.54) is 128 Å². The Morgan fingerprint density at radius 3 is 1.52 bits per heavy atom. The summed E-state index contributed by atoms with van der Waals surface area (Å²) in [6.45, 7) is 3.99. The predicted molar refractivity (Wildman–Crippen MR) is 253 cm³/mol. The molecule has 1 aliphatic heterocycles. The molecule has 1 heterocycles. The second-order valence-electron chi connectivity index (χ2n) is 17.4. The van der Waals surface area contributed by atoms with Gasteiger partial charge in [0.25, 0.3) is 0 Å². The average Bonchev–Trinajstić information content (AvgIpc) is 3.26. The van der Waals surface area contributed by atoms with E-state index in [-0.39, 0.29) is 19.6 Å². The van der Waals surface area contributed by atoms with Gasteiger partial charge in [0.05, 0.1) is 19.8 Å². The summed E-state index contributed by atoms with van der Waals surface area (Å²) in [4.78, 5) is 12.9. The summed E-state index contributed by atoms with van der Waals surface area (Å²) in [5.41, 5.74) is 0. The summed E-state index contributed by atoms with van der Waals surface area (Å²) in [5, 5.41) is 30.7. The second-order valence-corrected chi connectivity index (χ2v) is 18.5. The number of aliphatic hydroxyl groups is 3. The molecule has 1 rings (SSSR count). The molecular formula is C50H92O12S. The Labute approximate surface area is 383 Å². The molecular weight excluding hydrogens is 825 g/mol. The maximum atomic E-state index is 12.9. The molecule has 1 fully saturated rings. The van der Waals surface area contributed by atoms with Crippen molar-refractivity contribution in [3.8, 4) is 0 Å². The van der Waals surface area contributed by atoms with Crippen molar-refractivity contribution < 1.29 is 56.2 Å². The number of rotatable bonds is 44. The van der Waals surface area contributed by atoms with Gasteiger partial charge in [-0.2, -0.15) is 8.42 Å². The van der Waals surface area contributed by atoms with Crippen LogP contribution in [0.1, 0.15) is 213 Å². The van der Waals surface area contributed by atoms with Crippen LogP contribution >= 0.6 is 0 Å². The van der Waals surface area contributed by atoms with Crippen molar-refractivity contribution in [3.63, 3.8) is 0 Å². The maximum absolute atomic E-state index is 12.9. The highest BCUT2D eigenvalue weighted by Crippen LogP contribution is 2.26. The van der Waals surface area contributed by atoms with E-state index in [1.54, 1.807) is 0 Å². The van der Waals surface area contributed by atoms with Gasteiger partial charge in [-0.05, 0) is 51.4 Å². The number of unbranched alkanes of at least 4 members (excludes halogenated alkanes) is 25. The Balaban J connectivity index is 2.35. The highest BCUT2D eigenvalue weighted by Gasteiger charge is 2.48. The van der Waals surface area contributed by atoms with E-state index in [0.717, 1.165) is 57.8 Å². The molecule has 12 nitrogen and oxygen atoms in total. The highest BCUT2D eigenvalue weighted by atomic mass is 32.3. The minimum Gasteiger partial charge on any atom is -0.457 e. The van der Waals surface area contributed by atoms with Gasteiger partial charge in [-0.15, -0.1) is 0 Å². The molecule has 63 heavy (non-hydrogen) atoms. The van der Waals surface area contributed by atoms with Crippen LogP contribution in [0.15, 0.2) is 36.5 Å². The normalized spacial score (nSPS) is 20.1. The summed E-state index contributed by atoms with van der Waals surface area (Å²) >= 11 is 0. The Morgan fingerprint density at radius 1 is 0.603 bits per heavy atom. The molecule has 370 valence electrons. The lowest BCUT2D eigenvalue weighted by atomic mass is 9.99. The van der Waals surface area contributed by atoms with Gasteiger partial charge in [0, 0.05) is 13.0 Å². The largest absolute Gasteiger partial charge is 0.457 e. The quantitative estimate of drug-likeness (QED) is 0.0197. The highest BCUT2D eigenvalue weighted by molar-refractivity contribution is 7.80. The van der Waals surface area contributed by atoms with E-state index in [1.807, 2.05) is 0 Å². The van der Waals surface area contributed by atoms with Crippen molar-refractivity contribution >= 4 is 16.4 Å². The van der Waals surface area contributed by atoms with Crippen LogP contribution in [-0.2, 0) is 38.3 Å². The fourth-order valence-electron chi connectivity index (χ4n) is 7.68. The Bertz CT molecular complexity index is 1240. The Kier molecular flexibility index (Phi) is 39.3. The third-order valence-electron chi connectivity index (χ3n) is 11.5. The van der Waals surface area contributed by atoms with E-state index >= 15 is 0 Å². The van der Waals surface area contributed by atoms with Crippen LogP contribution in [0.4, 0.5) is 0 Å². The topological polar surface area (TPSA) is 178 Å². The lowest BCUT2D eigenvalue weighted by molar-refractivity contribution is -0.301. The number of aliphatic hydroxyl groups excluding tert-OH is 3. The van der Waals surface area contributed by atoms with Gasteiger partial charge in [0.2, 0.25) is 0 Å². The average molecular weight is 917 g/mol. The van der Waals surface area contributed by atoms with E-state index in [2.05, 4.69) is 54.5 Å². The van der Waals surface area contributed by atoms with Crippen LogP contribution < -0.4 is 0 Å². The maximum Gasteiger partial charge on any atom is 0.397 e. The molecule has 6 atom stereocenters. The van der Waals surface area contributed by atoms with Crippen molar-refractivity contribution in [3.05, 3.63) is 36.5 Å². The monoisotopic (exact) mass is 917 g/mol. The van der Waals surface area contributed by atoms with E-state index in [4.69, 9.17) is 18.9 Å². The van der Waals surface area contributed by atoms with E-state index in [9.17, 15) is 33.1 Å². The minimum absolute atomic E-state index is 0.0356. The van der Waals surface area contributed by atoms with Crippen molar-refractivity contribution in [2.75, 3.05) is 26.4 Å². The molecule has 0 aromatic rings. The third-order valence-corrected chi connectivity index (χ3v) is 12.0. The zero-order valence-corrected chi connectivity index (χ0v) is 40.5. The van der Waals surface area contributed by atoms with Gasteiger partial charge in [-0.1, -0.05) is 192 Å². The first kappa shape index (κ1) is 59.3. The summed E-state index contributed by atoms with van der Waals surface area (Å²) in [6.07, 6.45) is 40.3. The molecule has 0 aliphatic carbocycles. The zero-order valence-electron chi connectivity index (χ0n) is 39.6. The van der Waals surface area contributed by atoms with E-state index in [0.29, 0.717) is 13.0 Å². The number of hydrogen-bond donors (Lipinski definition) is 4. The van der Waals surface area contributed by atoms with Crippen LogP contribution in [0.2, 0.25) is 0 Å². The van der Waals surface area contributed by atoms with Crippen molar-refractivity contribution in [1.29, 1.82) is 0 Å². The van der Waals surface area contributed by atoms with Gasteiger partial charge >= 0.3 is 16.4 Å². The Hall–Kier alpha value is -1.68. The van der Waals surface area contributed by atoms with Gasteiger partial charge in [-0.3, -0.25) is 9.35 Å². The predicted octanol–water partition coefficient (Wildman–Crippen LogP) is 11.4. The third kappa shape index (κ3) is 35.2. The van der Waals surface area contributed by atoms with Crippen LogP contribution in [0.25, 0.3) is 0 Å². The number of allylic oxidation sites excluding steroid dienone is 6. The van der Waals surface area contributed by atoms with Gasteiger partial charge in [0.15, 0.2) is 6.29 Å². The van der Waals surface area contributed by atoms with Gasteiger partial charge in [-0.25, -0.2) is 4.18 Å². The summed E-state index contributed by atoms with van der Waals surface area (Å²) in [7, 11) is -5.06. The SMILES string of the molecule is CCCCCCC/C=C\C/C=C\C/C=C\CCCCCCCCCCC(=O)OC(COCCCCCCCCCCCCCCC)COC1OC(CO)C(O)C(OS(=O)(=O)O)C1O. The number of esters is 1. The fourth-order valence-corrected chi connectivity index (χ4v) is 8.19. The number of ether oxygens (including phenoxy) is 4.